The van der Waals surface area contributed by atoms with E-state index in [0.29, 0.717) is 17.8 Å². The molecule has 2 atom stereocenters. The first kappa shape index (κ1) is 13.4. The van der Waals surface area contributed by atoms with Crippen molar-refractivity contribution in [1.82, 2.24) is 5.32 Å². The molecule has 0 saturated heterocycles. The highest BCUT2D eigenvalue weighted by molar-refractivity contribution is 7.84. The third-order valence-electron chi connectivity index (χ3n) is 1.62. The summed E-state index contributed by atoms with van der Waals surface area (Å²) in [6.45, 7) is 5.99. The molecule has 5 heteroatoms. The summed E-state index contributed by atoms with van der Waals surface area (Å²) in [5.41, 5.74) is 5.64. The smallest absolute Gasteiger partial charge is 0.189 e. The maximum Gasteiger partial charge on any atom is 0.189 e. The molecule has 0 aromatic carbocycles. The lowest BCUT2D eigenvalue weighted by Gasteiger charge is -2.11. The van der Waals surface area contributed by atoms with Crippen molar-refractivity contribution in [2.45, 2.75) is 39.3 Å². The zero-order valence-corrected chi connectivity index (χ0v) is 10.2. The molecule has 0 aliphatic carbocycles. The summed E-state index contributed by atoms with van der Waals surface area (Å²) in [6.07, 6.45) is 2.51. The van der Waals surface area contributed by atoms with Crippen LogP contribution in [0, 0.1) is 0 Å². The molecule has 14 heavy (non-hydrogen) atoms. The zero-order valence-electron chi connectivity index (χ0n) is 9.41. The van der Waals surface area contributed by atoms with Gasteiger partial charge in [0.25, 0.3) is 0 Å². The molecule has 84 valence electrons. The number of hydrogen-bond acceptors (Lipinski definition) is 2. The van der Waals surface area contributed by atoms with Crippen molar-refractivity contribution in [3.05, 3.63) is 0 Å². The Bertz CT molecular complexity index is 216. The fourth-order valence-corrected chi connectivity index (χ4v) is 1.64. The quantitative estimate of drug-likeness (QED) is 0.521. The van der Waals surface area contributed by atoms with E-state index in [2.05, 4.69) is 10.3 Å². The topological polar surface area (TPSA) is 67.5 Å². The Morgan fingerprint density at radius 1 is 1.50 bits per heavy atom. The predicted molar refractivity (Wildman–Crippen MR) is 62.9 cm³/mol. The molecule has 2 unspecified atom stereocenters. The normalized spacial score (nSPS) is 16.8. The van der Waals surface area contributed by atoms with Crippen molar-refractivity contribution in [2.75, 3.05) is 12.0 Å². The summed E-state index contributed by atoms with van der Waals surface area (Å²) in [6, 6.07) is 0.427. The minimum Gasteiger partial charge on any atom is -0.370 e. The molecular formula is C9H21N3OS. The van der Waals surface area contributed by atoms with Crippen LogP contribution in [0.2, 0.25) is 0 Å². The second kappa shape index (κ2) is 6.81. The SMILES string of the molecule is CC(CCS(C)=O)N=C(N)NC(C)C. The Kier molecular flexibility index (Phi) is 6.53. The highest BCUT2D eigenvalue weighted by Gasteiger charge is 2.02. The highest BCUT2D eigenvalue weighted by Crippen LogP contribution is 1.97. The number of guanidine groups is 1. The van der Waals surface area contributed by atoms with Gasteiger partial charge in [-0.05, 0) is 27.2 Å². The van der Waals surface area contributed by atoms with E-state index < -0.39 is 10.8 Å². The standard InChI is InChI=1S/C9H21N3OS/c1-7(2)11-9(10)12-8(3)5-6-14(4)13/h7-8H,5-6H2,1-4H3,(H3,10,11,12). The van der Waals surface area contributed by atoms with Crippen molar-refractivity contribution in [3.63, 3.8) is 0 Å². The van der Waals surface area contributed by atoms with Gasteiger partial charge in [-0.2, -0.15) is 0 Å². The molecule has 0 fully saturated rings. The van der Waals surface area contributed by atoms with Gasteiger partial charge in [-0.15, -0.1) is 0 Å². The number of hydrogen-bond donors (Lipinski definition) is 2. The molecular weight excluding hydrogens is 198 g/mol. The first-order chi connectivity index (χ1) is 6.41. The number of aliphatic imine (C=N–C) groups is 1. The predicted octanol–water partition coefficient (Wildman–Crippen LogP) is 0.456. The Hall–Kier alpha value is -0.580. The Labute approximate surface area is 88.8 Å². The van der Waals surface area contributed by atoms with Crippen LogP contribution in [0.25, 0.3) is 0 Å². The van der Waals surface area contributed by atoms with Crippen LogP contribution < -0.4 is 11.1 Å². The summed E-state index contributed by atoms with van der Waals surface area (Å²) in [4.78, 5) is 4.24. The second-order valence-electron chi connectivity index (χ2n) is 3.73. The molecule has 4 nitrogen and oxygen atoms in total. The van der Waals surface area contributed by atoms with E-state index in [9.17, 15) is 4.21 Å². The minimum atomic E-state index is -0.742. The van der Waals surface area contributed by atoms with Gasteiger partial charge in [0, 0.05) is 28.9 Å². The molecule has 0 aromatic heterocycles. The third-order valence-corrected chi connectivity index (χ3v) is 2.43. The third kappa shape index (κ3) is 8.04. The molecule has 0 amide bonds. The van der Waals surface area contributed by atoms with Gasteiger partial charge >= 0.3 is 0 Å². The molecule has 0 rings (SSSR count). The van der Waals surface area contributed by atoms with Crippen LogP contribution in [0.1, 0.15) is 27.2 Å². The maximum absolute atomic E-state index is 10.8. The molecule has 0 bridgehead atoms. The summed E-state index contributed by atoms with van der Waals surface area (Å²) in [5.74, 6) is 1.15. The summed E-state index contributed by atoms with van der Waals surface area (Å²) in [5, 5.41) is 3.01. The average molecular weight is 219 g/mol. The van der Waals surface area contributed by atoms with Crippen molar-refractivity contribution in [3.8, 4) is 0 Å². The van der Waals surface area contributed by atoms with Crippen molar-refractivity contribution < 1.29 is 4.21 Å². The fraction of sp³-hybridized carbons (Fsp3) is 0.889. The van der Waals surface area contributed by atoms with Crippen molar-refractivity contribution in [1.29, 1.82) is 0 Å². The van der Waals surface area contributed by atoms with E-state index in [4.69, 9.17) is 5.73 Å². The molecule has 0 radical (unpaired) electrons. The van der Waals surface area contributed by atoms with Crippen LogP contribution in [0.4, 0.5) is 0 Å². The Morgan fingerprint density at radius 2 is 2.07 bits per heavy atom. The van der Waals surface area contributed by atoms with Gasteiger partial charge in [0.05, 0.1) is 6.04 Å². The van der Waals surface area contributed by atoms with Crippen LogP contribution in [0.5, 0.6) is 0 Å². The van der Waals surface area contributed by atoms with E-state index >= 15 is 0 Å². The lowest BCUT2D eigenvalue weighted by molar-refractivity contribution is 0.664. The lowest BCUT2D eigenvalue weighted by Crippen LogP contribution is -2.37. The number of nitrogens with one attached hydrogen (secondary N) is 1. The summed E-state index contributed by atoms with van der Waals surface area (Å²) < 4.78 is 10.8. The van der Waals surface area contributed by atoms with Crippen LogP contribution >= 0.6 is 0 Å². The summed E-state index contributed by atoms with van der Waals surface area (Å²) in [7, 11) is -0.742. The van der Waals surface area contributed by atoms with Gasteiger partial charge in [0.2, 0.25) is 0 Å². The van der Waals surface area contributed by atoms with Gasteiger partial charge in [-0.25, -0.2) is 0 Å². The molecule has 0 saturated carbocycles. The van der Waals surface area contributed by atoms with Gasteiger partial charge in [0.15, 0.2) is 5.96 Å². The Morgan fingerprint density at radius 3 is 2.50 bits per heavy atom. The molecule has 0 spiro atoms. The molecule has 0 aliphatic rings. The Balaban J connectivity index is 3.88. The molecule has 0 aliphatic heterocycles. The van der Waals surface area contributed by atoms with Gasteiger partial charge in [-0.1, -0.05) is 0 Å². The number of nitrogens with zero attached hydrogens (tertiary/aromatic N) is 1. The van der Waals surface area contributed by atoms with Crippen molar-refractivity contribution >= 4 is 16.8 Å². The fourth-order valence-electron chi connectivity index (χ4n) is 0.972. The molecule has 0 aromatic rings. The van der Waals surface area contributed by atoms with Crippen LogP contribution in [0.15, 0.2) is 4.99 Å². The second-order valence-corrected chi connectivity index (χ2v) is 5.28. The molecule has 0 heterocycles. The first-order valence-corrected chi connectivity index (χ1v) is 6.54. The van der Waals surface area contributed by atoms with Gasteiger partial charge < -0.3 is 11.1 Å². The van der Waals surface area contributed by atoms with E-state index in [1.54, 1.807) is 6.26 Å². The van der Waals surface area contributed by atoms with Gasteiger partial charge in [0.1, 0.15) is 0 Å². The van der Waals surface area contributed by atoms with Crippen LogP contribution in [0.3, 0.4) is 0 Å². The van der Waals surface area contributed by atoms with Crippen LogP contribution in [-0.4, -0.2) is 34.3 Å². The average Bonchev–Trinajstić information content (AvgIpc) is 1.98. The number of rotatable bonds is 5. The zero-order chi connectivity index (χ0) is 11.1. The monoisotopic (exact) mass is 219 g/mol. The highest BCUT2D eigenvalue weighted by atomic mass is 32.2. The van der Waals surface area contributed by atoms with Gasteiger partial charge in [-0.3, -0.25) is 9.20 Å². The van der Waals surface area contributed by atoms with E-state index in [1.165, 1.54) is 0 Å². The van der Waals surface area contributed by atoms with E-state index in [-0.39, 0.29) is 6.04 Å². The first-order valence-electron chi connectivity index (χ1n) is 4.81. The van der Waals surface area contributed by atoms with E-state index in [1.807, 2.05) is 20.8 Å². The minimum absolute atomic E-state index is 0.130. The largest absolute Gasteiger partial charge is 0.370 e. The molecule has 3 N–H and O–H groups in total. The van der Waals surface area contributed by atoms with Crippen molar-refractivity contribution in [2.24, 2.45) is 10.7 Å². The number of nitrogens with two attached hydrogens (primary N) is 1. The lowest BCUT2D eigenvalue weighted by atomic mass is 10.3. The summed E-state index contributed by atoms with van der Waals surface area (Å²) >= 11 is 0. The van der Waals surface area contributed by atoms with E-state index in [0.717, 1.165) is 6.42 Å². The van der Waals surface area contributed by atoms with Crippen LogP contribution in [-0.2, 0) is 10.8 Å². The maximum atomic E-state index is 10.8.